The molecule has 2 aliphatic heterocycles. The molecule has 0 bridgehead atoms. The molecule has 0 saturated carbocycles. The third-order valence-electron chi connectivity index (χ3n) is 3.32. The van der Waals surface area contributed by atoms with Crippen LogP contribution in [0.4, 0.5) is 0 Å². The number of carbonyl (C=O) groups excluding carboxylic acids is 2. The molecule has 6 nitrogen and oxygen atoms in total. The molecule has 2 saturated heterocycles. The molecule has 2 rings (SSSR count). The second-order valence-corrected chi connectivity index (χ2v) is 4.39. The molecule has 0 spiro atoms. The Morgan fingerprint density at radius 2 is 2.29 bits per heavy atom. The van der Waals surface area contributed by atoms with Crippen molar-refractivity contribution in [2.75, 3.05) is 33.4 Å². The van der Waals surface area contributed by atoms with Crippen molar-refractivity contribution in [1.29, 1.82) is 0 Å². The molecule has 1 unspecified atom stereocenters. The van der Waals surface area contributed by atoms with E-state index in [2.05, 4.69) is 10.6 Å². The van der Waals surface area contributed by atoms with Crippen LogP contribution in [0.1, 0.15) is 12.8 Å². The Labute approximate surface area is 101 Å². The van der Waals surface area contributed by atoms with Crippen LogP contribution in [-0.4, -0.2) is 62.1 Å². The van der Waals surface area contributed by atoms with Gasteiger partial charge in [0.15, 0.2) is 0 Å². The first kappa shape index (κ1) is 12.3. The third kappa shape index (κ3) is 2.58. The summed E-state index contributed by atoms with van der Waals surface area (Å²) in [4.78, 5) is 25.6. The summed E-state index contributed by atoms with van der Waals surface area (Å²) in [6, 6.07) is -0.607. The van der Waals surface area contributed by atoms with Gasteiger partial charge < -0.3 is 20.3 Å². The van der Waals surface area contributed by atoms with Crippen LogP contribution in [0.3, 0.4) is 0 Å². The molecule has 0 aliphatic carbocycles. The maximum atomic E-state index is 12.3. The van der Waals surface area contributed by atoms with Crippen molar-refractivity contribution in [3.8, 4) is 0 Å². The standard InChI is InChI=1S/C11H19N3O3/c1-12-10(15)9-7-17-6-5-14(9)11(16)8-3-2-4-13-8/h8-9,13H,2-7H2,1H3,(H,12,15)/t8-,9?/m0/s1. The van der Waals surface area contributed by atoms with Crippen LogP contribution in [0.15, 0.2) is 0 Å². The van der Waals surface area contributed by atoms with Crippen LogP contribution in [0.5, 0.6) is 0 Å². The Hall–Kier alpha value is -1.14. The molecule has 2 heterocycles. The number of rotatable bonds is 2. The average molecular weight is 241 g/mol. The number of likely N-dealkylation sites (N-methyl/N-ethyl adjacent to an activating group) is 1. The summed E-state index contributed by atoms with van der Waals surface area (Å²) in [7, 11) is 1.58. The van der Waals surface area contributed by atoms with Crippen molar-refractivity contribution >= 4 is 11.8 Å². The van der Waals surface area contributed by atoms with Crippen LogP contribution >= 0.6 is 0 Å². The van der Waals surface area contributed by atoms with Gasteiger partial charge in [-0.3, -0.25) is 9.59 Å². The molecule has 2 N–H and O–H groups in total. The first-order valence-corrected chi connectivity index (χ1v) is 6.07. The molecule has 2 fully saturated rings. The molecule has 0 radical (unpaired) electrons. The fourth-order valence-corrected chi connectivity index (χ4v) is 2.35. The zero-order valence-electron chi connectivity index (χ0n) is 10.1. The first-order valence-electron chi connectivity index (χ1n) is 6.07. The summed E-state index contributed by atoms with van der Waals surface area (Å²) in [6.07, 6.45) is 1.88. The van der Waals surface area contributed by atoms with E-state index in [-0.39, 0.29) is 24.5 Å². The topological polar surface area (TPSA) is 70.7 Å². The summed E-state index contributed by atoms with van der Waals surface area (Å²) < 4.78 is 5.27. The fraction of sp³-hybridized carbons (Fsp3) is 0.818. The van der Waals surface area contributed by atoms with Gasteiger partial charge >= 0.3 is 0 Å². The number of carbonyl (C=O) groups is 2. The molecular formula is C11H19N3O3. The van der Waals surface area contributed by atoms with Gasteiger partial charge in [0.25, 0.3) is 0 Å². The smallest absolute Gasteiger partial charge is 0.244 e. The Morgan fingerprint density at radius 3 is 2.94 bits per heavy atom. The fourth-order valence-electron chi connectivity index (χ4n) is 2.35. The second kappa shape index (κ2) is 5.46. The van der Waals surface area contributed by atoms with E-state index in [0.29, 0.717) is 13.2 Å². The van der Waals surface area contributed by atoms with Crippen molar-refractivity contribution in [3.63, 3.8) is 0 Å². The normalized spacial score (nSPS) is 29.1. The molecular weight excluding hydrogens is 222 g/mol. The van der Waals surface area contributed by atoms with Gasteiger partial charge in [-0.25, -0.2) is 0 Å². The minimum Gasteiger partial charge on any atom is -0.377 e. The molecule has 0 aromatic carbocycles. The van der Waals surface area contributed by atoms with E-state index in [9.17, 15) is 9.59 Å². The highest BCUT2D eigenvalue weighted by molar-refractivity contribution is 5.90. The van der Waals surface area contributed by atoms with Gasteiger partial charge in [-0.05, 0) is 19.4 Å². The van der Waals surface area contributed by atoms with Crippen molar-refractivity contribution in [1.82, 2.24) is 15.5 Å². The van der Waals surface area contributed by atoms with Gasteiger partial charge in [-0.1, -0.05) is 0 Å². The number of nitrogens with zero attached hydrogens (tertiary/aromatic N) is 1. The van der Waals surface area contributed by atoms with Crippen LogP contribution < -0.4 is 10.6 Å². The third-order valence-corrected chi connectivity index (χ3v) is 3.32. The van der Waals surface area contributed by atoms with Crippen molar-refractivity contribution in [2.24, 2.45) is 0 Å². The lowest BCUT2D eigenvalue weighted by molar-refractivity contribution is -0.149. The van der Waals surface area contributed by atoms with Crippen molar-refractivity contribution in [3.05, 3.63) is 0 Å². The van der Waals surface area contributed by atoms with Crippen LogP contribution in [0.2, 0.25) is 0 Å². The maximum absolute atomic E-state index is 12.3. The molecule has 6 heteroatoms. The highest BCUT2D eigenvalue weighted by atomic mass is 16.5. The van der Waals surface area contributed by atoms with E-state index in [1.165, 1.54) is 0 Å². The second-order valence-electron chi connectivity index (χ2n) is 4.39. The van der Waals surface area contributed by atoms with E-state index in [0.717, 1.165) is 19.4 Å². The average Bonchev–Trinajstić information content (AvgIpc) is 2.91. The molecule has 2 amide bonds. The highest BCUT2D eigenvalue weighted by Gasteiger charge is 2.36. The SMILES string of the molecule is CNC(=O)C1COCCN1C(=O)[C@@H]1CCCN1. The lowest BCUT2D eigenvalue weighted by atomic mass is 10.1. The quantitative estimate of drug-likeness (QED) is 0.631. The predicted molar refractivity (Wildman–Crippen MR) is 61.4 cm³/mol. The van der Waals surface area contributed by atoms with Gasteiger partial charge in [0.2, 0.25) is 11.8 Å². The summed E-state index contributed by atoms with van der Waals surface area (Å²) in [6.45, 7) is 2.17. The number of hydrogen-bond donors (Lipinski definition) is 2. The van der Waals surface area contributed by atoms with Gasteiger partial charge in [0.05, 0.1) is 19.3 Å². The molecule has 0 aromatic rings. The van der Waals surface area contributed by atoms with E-state index in [1.807, 2.05) is 0 Å². The molecule has 2 aliphatic rings. The lowest BCUT2D eigenvalue weighted by Gasteiger charge is -2.35. The van der Waals surface area contributed by atoms with Crippen LogP contribution in [0.25, 0.3) is 0 Å². The molecule has 0 aromatic heterocycles. The van der Waals surface area contributed by atoms with Gasteiger partial charge in [0.1, 0.15) is 6.04 Å². The summed E-state index contributed by atoms with van der Waals surface area (Å²) in [5.74, 6) is -0.129. The van der Waals surface area contributed by atoms with Gasteiger partial charge in [0, 0.05) is 13.6 Å². The van der Waals surface area contributed by atoms with Crippen LogP contribution in [-0.2, 0) is 14.3 Å². The Morgan fingerprint density at radius 1 is 1.47 bits per heavy atom. The minimum atomic E-state index is -0.483. The van der Waals surface area contributed by atoms with E-state index < -0.39 is 6.04 Å². The van der Waals surface area contributed by atoms with E-state index in [4.69, 9.17) is 4.74 Å². The predicted octanol–water partition coefficient (Wildman–Crippen LogP) is -1.29. The highest BCUT2D eigenvalue weighted by Crippen LogP contribution is 2.14. The van der Waals surface area contributed by atoms with Gasteiger partial charge in [-0.2, -0.15) is 0 Å². The first-order chi connectivity index (χ1) is 8.24. The number of nitrogens with one attached hydrogen (secondary N) is 2. The molecule has 2 atom stereocenters. The molecule has 96 valence electrons. The number of morpholine rings is 1. The number of hydrogen-bond acceptors (Lipinski definition) is 4. The monoisotopic (exact) mass is 241 g/mol. The Bertz CT molecular complexity index is 302. The largest absolute Gasteiger partial charge is 0.377 e. The number of ether oxygens (including phenoxy) is 1. The maximum Gasteiger partial charge on any atom is 0.244 e. The zero-order valence-corrected chi connectivity index (χ0v) is 10.1. The summed E-state index contributed by atoms with van der Waals surface area (Å²) >= 11 is 0. The van der Waals surface area contributed by atoms with Crippen molar-refractivity contribution in [2.45, 2.75) is 24.9 Å². The lowest BCUT2D eigenvalue weighted by Crippen LogP contribution is -2.58. The Balaban J connectivity index is 2.04. The summed E-state index contributed by atoms with van der Waals surface area (Å²) in [5, 5.41) is 5.74. The number of amides is 2. The minimum absolute atomic E-state index is 0.0272. The van der Waals surface area contributed by atoms with E-state index >= 15 is 0 Å². The van der Waals surface area contributed by atoms with Crippen molar-refractivity contribution < 1.29 is 14.3 Å². The van der Waals surface area contributed by atoms with Crippen LogP contribution in [0, 0.1) is 0 Å². The zero-order chi connectivity index (χ0) is 12.3. The Kier molecular flexibility index (Phi) is 3.96. The van der Waals surface area contributed by atoms with E-state index in [1.54, 1.807) is 11.9 Å². The molecule has 17 heavy (non-hydrogen) atoms. The van der Waals surface area contributed by atoms with Gasteiger partial charge in [-0.15, -0.1) is 0 Å². The summed E-state index contributed by atoms with van der Waals surface area (Å²) in [5.41, 5.74) is 0.